The standard InChI is InChI=1S/C8H6F3O/c9-6-2-1-3-7(4-6)12-5-8(10)11/h1,3-4,8H,5H2. The van der Waals surface area contributed by atoms with E-state index < -0.39 is 18.8 Å². The Morgan fingerprint density at radius 3 is 2.83 bits per heavy atom. The second kappa shape index (κ2) is 3.99. The van der Waals surface area contributed by atoms with Crippen LogP contribution in [-0.4, -0.2) is 13.0 Å². The van der Waals surface area contributed by atoms with Crippen molar-refractivity contribution in [2.24, 2.45) is 0 Å². The number of hydrogen-bond donors (Lipinski definition) is 0. The van der Waals surface area contributed by atoms with E-state index in [1.165, 1.54) is 12.1 Å². The van der Waals surface area contributed by atoms with Crippen molar-refractivity contribution in [3.8, 4) is 5.75 Å². The summed E-state index contributed by atoms with van der Waals surface area (Å²) in [6.07, 6.45) is -2.54. The van der Waals surface area contributed by atoms with Gasteiger partial charge in [0.15, 0.2) is 0 Å². The van der Waals surface area contributed by atoms with E-state index >= 15 is 0 Å². The third kappa shape index (κ3) is 2.82. The van der Waals surface area contributed by atoms with Crippen LogP contribution in [0.2, 0.25) is 0 Å². The van der Waals surface area contributed by atoms with E-state index in [0.717, 1.165) is 6.07 Å². The van der Waals surface area contributed by atoms with Gasteiger partial charge in [0, 0.05) is 12.1 Å². The van der Waals surface area contributed by atoms with E-state index in [-0.39, 0.29) is 5.75 Å². The van der Waals surface area contributed by atoms with Crippen LogP contribution in [0.25, 0.3) is 0 Å². The van der Waals surface area contributed by atoms with E-state index in [1.807, 2.05) is 0 Å². The number of alkyl halides is 2. The first kappa shape index (κ1) is 8.90. The van der Waals surface area contributed by atoms with Crippen LogP contribution >= 0.6 is 0 Å². The van der Waals surface area contributed by atoms with Gasteiger partial charge in [0.25, 0.3) is 6.43 Å². The molecule has 0 atom stereocenters. The Balaban J connectivity index is 2.52. The van der Waals surface area contributed by atoms with Crippen LogP contribution in [0.3, 0.4) is 0 Å². The molecule has 0 aliphatic rings. The second-order valence-electron chi connectivity index (χ2n) is 2.07. The Bertz CT molecular complexity index is 250. The summed E-state index contributed by atoms with van der Waals surface area (Å²) in [7, 11) is 0. The number of rotatable bonds is 3. The molecule has 65 valence electrons. The molecule has 0 bridgehead atoms. The van der Waals surface area contributed by atoms with Crippen LogP contribution in [-0.2, 0) is 0 Å². The highest BCUT2D eigenvalue weighted by Crippen LogP contribution is 2.12. The molecule has 0 fully saturated rings. The minimum Gasteiger partial charge on any atom is -0.488 e. The Labute approximate surface area is 67.8 Å². The van der Waals surface area contributed by atoms with Crippen molar-refractivity contribution in [3.63, 3.8) is 0 Å². The molecule has 1 aromatic rings. The van der Waals surface area contributed by atoms with Crippen LogP contribution in [0, 0.1) is 11.9 Å². The summed E-state index contributed by atoms with van der Waals surface area (Å²) in [5, 5.41) is 0. The third-order valence-corrected chi connectivity index (χ3v) is 1.11. The first-order valence-corrected chi connectivity index (χ1v) is 3.26. The van der Waals surface area contributed by atoms with Crippen molar-refractivity contribution in [2.75, 3.05) is 6.61 Å². The number of benzene rings is 1. The van der Waals surface area contributed by atoms with Gasteiger partial charge in [-0.15, -0.1) is 0 Å². The van der Waals surface area contributed by atoms with Gasteiger partial charge in [0.05, 0.1) is 0 Å². The topological polar surface area (TPSA) is 9.23 Å². The number of hydrogen-bond acceptors (Lipinski definition) is 1. The molecule has 12 heavy (non-hydrogen) atoms. The molecule has 0 saturated carbocycles. The summed E-state index contributed by atoms with van der Waals surface area (Å²) in [5.41, 5.74) is 0. The zero-order chi connectivity index (χ0) is 8.97. The molecule has 1 radical (unpaired) electrons. The number of halogens is 3. The average molecular weight is 175 g/mol. The highest BCUT2D eigenvalue weighted by Gasteiger charge is 2.03. The van der Waals surface area contributed by atoms with Crippen molar-refractivity contribution >= 4 is 0 Å². The minimum atomic E-state index is -2.54. The first-order chi connectivity index (χ1) is 5.68. The minimum absolute atomic E-state index is 0.0894. The lowest BCUT2D eigenvalue weighted by Gasteiger charge is -2.03. The maximum atomic E-state index is 12.4. The van der Waals surface area contributed by atoms with Gasteiger partial charge in [0.2, 0.25) is 0 Å². The highest BCUT2D eigenvalue weighted by molar-refractivity contribution is 5.21. The smallest absolute Gasteiger partial charge is 0.272 e. The van der Waals surface area contributed by atoms with Gasteiger partial charge in [-0.25, -0.2) is 13.2 Å². The predicted molar refractivity (Wildman–Crippen MR) is 36.7 cm³/mol. The van der Waals surface area contributed by atoms with Gasteiger partial charge < -0.3 is 4.74 Å². The van der Waals surface area contributed by atoms with Gasteiger partial charge in [-0.3, -0.25) is 0 Å². The van der Waals surface area contributed by atoms with Crippen molar-refractivity contribution in [1.82, 2.24) is 0 Å². The van der Waals surface area contributed by atoms with E-state index in [1.54, 1.807) is 0 Å². The maximum Gasteiger partial charge on any atom is 0.272 e. The highest BCUT2D eigenvalue weighted by atomic mass is 19.3. The molecule has 1 nitrogen and oxygen atoms in total. The molecule has 0 aliphatic heterocycles. The molecule has 0 aromatic heterocycles. The van der Waals surface area contributed by atoms with Crippen LogP contribution < -0.4 is 4.74 Å². The summed E-state index contributed by atoms with van der Waals surface area (Å²) in [6.45, 7) is -0.719. The van der Waals surface area contributed by atoms with E-state index in [9.17, 15) is 13.2 Å². The van der Waals surface area contributed by atoms with Crippen molar-refractivity contribution < 1.29 is 17.9 Å². The Morgan fingerprint density at radius 1 is 1.50 bits per heavy atom. The lowest BCUT2D eigenvalue weighted by Crippen LogP contribution is -2.06. The lowest BCUT2D eigenvalue weighted by atomic mass is 10.3. The fraction of sp³-hybridized carbons (Fsp3) is 0.250. The lowest BCUT2D eigenvalue weighted by molar-refractivity contribution is 0.0817. The summed E-state index contributed by atoms with van der Waals surface area (Å²) in [6, 6.07) is 5.87. The molecule has 1 aromatic carbocycles. The van der Waals surface area contributed by atoms with Gasteiger partial charge in [0.1, 0.15) is 18.2 Å². The van der Waals surface area contributed by atoms with Gasteiger partial charge in [-0.2, -0.15) is 0 Å². The molecule has 0 aliphatic carbocycles. The summed E-state index contributed by atoms with van der Waals surface area (Å²) in [4.78, 5) is 0. The fourth-order valence-electron chi connectivity index (χ4n) is 0.667. The quantitative estimate of drug-likeness (QED) is 0.684. The fourth-order valence-corrected chi connectivity index (χ4v) is 0.667. The summed E-state index contributed by atoms with van der Waals surface area (Å²) < 4.78 is 40.1. The third-order valence-electron chi connectivity index (χ3n) is 1.11. The van der Waals surface area contributed by atoms with Crippen LogP contribution in [0.4, 0.5) is 13.2 Å². The molecule has 4 heteroatoms. The van der Waals surface area contributed by atoms with Crippen LogP contribution in [0.1, 0.15) is 0 Å². The molecule has 0 amide bonds. The molecule has 0 N–H and O–H groups in total. The van der Waals surface area contributed by atoms with Crippen molar-refractivity contribution in [2.45, 2.75) is 6.43 Å². The Hall–Kier alpha value is -1.19. The average Bonchev–Trinajstić information content (AvgIpc) is 2.01. The van der Waals surface area contributed by atoms with Crippen molar-refractivity contribution in [1.29, 1.82) is 0 Å². The predicted octanol–water partition coefficient (Wildman–Crippen LogP) is 2.27. The van der Waals surface area contributed by atoms with Gasteiger partial charge in [-0.05, 0) is 12.1 Å². The largest absolute Gasteiger partial charge is 0.488 e. The first-order valence-electron chi connectivity index (χ1n) is 3.26. The van der Waals surface area contributed by atoms with Gasteiger partial charge >= 0.3 is 0 Å². The molecule has 0 unspecified atom stereocenters. The zero-order valence-corrected chi connectivity index (χ0v) is 6.06. The Kier molecular flexibility index (Phi) is 2.96. The monoisotopic (exact) mass is 175 g/mol. The van der Waals surface area contributed by atoms with Gasteiger partial charge in [-0.1, -0.05) is 0 Å². The van der Waals surface area contributed by atoms with E-state index in [4.69, 9.17) is 0 Å². The van der Waals surface area contributed by atoms with Crippen LogP contribution in [0.15, 0.2) is 18.2 Å². The molecule has 0 heterocycles. The maximum absolute atomic E-state index is 12.4. The summed E-state index contributed by atoms with van der Waals surface area (Å²) >= 11 is 0. The summed E-state index contributed by atoms with van der Waals surface area (Å²) in [5.74, 6) is -0.534. The second-order valence-corrected chi connectivity index (χ2v) is 2.07. The Morgan fingerprint density at radius 2 is 2.25 bits per heavy atom. The van der Waals surface area contributed by atoms with Crippen molar-refractivity contribution in [3.05, 3.63) is 30.1 Å². The van der Waals surface area contributed by atoms with E-state index in [2.05, 4.69) is 10.8 Å². The van der Waals surface area contributed by atoms with E-state index in [0.29, 0.717) is 0 Å². The number of ether oxygens (including phenoxy) is 1. The van der Waals surface area contributed by atoms with Crippen LogP contribution in [0.5, 0.6) is 5.75 Å². The SMILES string of the molecule is Fc1[c]ccc(OCC(F)F)c1. The molecular weight excluding hydrogens is 169 g/mol. The molecule has 0 saturated heterocycles. The molecule has 1 rings (SSSR count). The zero-order valence-electron chi connectivity index (χ0n) is 6.06. The normalized spacial score (nSPS) is 10.3. The molecular formula is C8H6F3O. The molecule has 0 spiro atoms.